The van der Waals surface area contributed by atoms with Crippen LogP contribution in [0.1, 0.15) is 0 Å². The van der Waals surface area contributed by atoms with Crippen molar-refractivity contribution in [3.63, 3.8) is 0 Å². The molecule has 0 saturated heterocycles. The van der Waals surface area contributed by atoms with E-state index >= 15 is 0 Å². The van der Waals surface area contributed by atoms with Gasteiger partial charge in [0.1, 0.15) is 0 Å². The largest absolute Gasteiger partial charge is 0.128 e. The van der Waals surface area contributed by atoms with Gasteiger partial charge in [0.2, 0.25) is 0 Å². The first-order valence-corrected chi connectivity index (χ1v) is 11.8. The van der Waals surface area contributed by atoms with Crippen LogP contribution < -0.4 is 0 Å². The van der Waals surface area contributed by atoms with Gasteiger partial charge < -0.3 is 0 Å². The van der Waals surface area contributed by atoms with E-state index < -0.39 is 0 Å². The summed E-state index contributed by atoms with van der Waals surface area (Å²) in [5.41, 5.74) is 3.77. The lowest BCUT2D eigenvalue weighted by molar-refractivity contribution is 1.67. The van der Waals surface area contributed by atoms with Gasteiger partial charge >= 0.3 is 0 Å². The molecule has 6 heteroatoms. The first-order chi connectivity index (χ1) is 11.6. The van der Waals surface area contributed by atoms with Crippen molar-refractivity contribution in [1.82, 2.24) is 0 Å². The van der Waals surface area contributed by atoms with Crippen molar-refractivity contribution in [2.75, 3.05) is 0 Å². The van der Waals surface area contributed by atoms with Gasteiger partial charge in [-0.25, -0.2) is 0 Å². The van der Waals surface area contributed by atoms with Crippen LogP contribution in [0.4, 0.5) is 0 Å². The standard InChI is InChI=1S/C18H9Br3S3/c19-16-4-1-13(22-16)10-7-11(14-2-5-17(20)23-14)9-12(8-10)15-3-6-18(21)24-15/h1-9H. The highest BCUT2D eigenvalue weighted by molar-refractivity contribution is 9.11. The summed E-state index contributed by atoms with van der Waals surface area (Å²) in [6, 6.07) is 19.7. The molecule has 0 amide bonds. The highest BCUT2D eigenvalue weighted by atomic mass is 79.9. The number of hydrogen-bond acceptors (Lipinski definition) is 3. The average Bonchev–Trinajstić information content (AvgIpc) is 3.28. The third-order valence-corrected chi connectivity index (χ3v) is 8.52. The maximum Gasteiger partial charge on any atom is 0.0705 e. The normalized spacial score (nSPS) is 11.1. The number of thiophene rings is 3. The molecule has 4 aromatic rings. The van der Waals surface area contributed by atoms with Gasteiger partial charge in [0, 0.05) is 14.6 Å². The Labute approximate surface area is 177 Å². The van der Waals surface area contributed by atoms with Crippen molar-refractivity contribution in [3.05, 3.63) is 66.0 Å². The molecule has 0 spiro atoms. The molecule has 0 bridgehead atoms. The third kappa shape index (κ3) is 3.64. The predicted molar refractivity (Wildman–Crippen MR) is 119 cm³/mol. The van der Waals surface area contributed by atoms with Gasteiger partial charge in [0.25, 0.3) is 0 Å². The first kappa shape index (κ1) is 17.2. The maximum atomic E-state index is 3.57. The molecule has 3 aromatic heterocycles. The van der Waals surface area contributed by atoms with Gasteiger partial charge in [-0.3, -0.25) is 0 Å². The summed E-state index contributed by atoms with van der Waals surface area (Å²) in [7, 11) is 0. The van der Waals surface area contributed by atoms with E-state index in [0.717, 1.165) is 11.4 Å². The summed E-state index contributed by atoms with van der Waals surface area (Å²) in [5, 5.41) is 0. The first-order valence-electron chi connectivity index (χ1n) is 7.01. The lowest BCUT2D eigenvalue weighted by Gasteiger charge is -2.07. The summed E-state index contributed by atoms with van der Waals surface area (Å²) in [6.07, 6.45) is 0. The Morgan fingerprint density at radius 3 is 0.958 bits per heavy atom. The van der Waals surface area contributed by atoms with Crippen molar-refractivity contribution in [2.24, 2.45) is 0 Å². The number of halogens is 3. The Bertz CT molecular complexity index is 869. The van der Waals surface area contributed by atoms with Crippen LogP contribution in [-0.4, -0.2) is 0 Å². The molecular weight excluding hydrogens is 552 g/mol. The van der Waals surface area contributed by atoms with E-state index in [0.29, 0.717) is 0 Å². The van der Waals surface area contributed by atoms with Crippen molar-refractivity contribution in [2.45, 2.75) is 0 Å². The number of benzene rings is 1. The van der Waals surface area contributed by atoms with Gasteiger partial charge in [-0.05, 0) is 119 Å². The van der Waals surface area contributed by atoms with Crippen LogP contribution in [0.15, 0.2) is 66.0 Å². The van der Waals surface area contributed by atoms with E-state index in [-0.39, 0.29) is 0 Å². The van der Waals surface area contributed by atoms with Crippen LogP contribution in [0.3, 0.4) is 0 Å². The molecule has 24 heavy (non-hydrogen) atoms. The molecule has 4 rings (SSSR count). The summed E-state index contributed by atoms with van der Waals surface area (Å²) < 4.78 is 3.46. The molecule has 0 aliphatic carbocycles. The zero-order valence-corrected chi connectivity index (χ0v) is 19.3. The zero-order valence-electron chi connectivity index (χ0n) is 12.1. The lowest BCUT2D eigenvalue weighted by atomic mass is 10.0. The molecule has 120 valence electrons. The van der Waals surface area contributed by atoms with Crippen molar-refractivity contribution in [3.8, 4) is 31.3 Å². The second kappa shape index (κ2) is 7.17. The number of hydrogen-bond donors (Lipinski definition) is 0. The van der Waals surface area contributed by atoms with Crippen molar-refractivity contribution in [1.29, 1.82) is 0 Å². The predicted octanol–water partition coefficient (Wildman–Crippen LogP) is 9.16. The number of rotatable bonds is 3. The van der Waals surface area contributed by atoms with Gasteiger partial charge in [0.15, 0.2) is 0 Å². The van der Waals surface area contributed by atoms with E-state index in [1.165, 1.54) is 31.3 Å². The maximum absolute atomic E-state index is 3.57. The van der Waals surface area contributed by atoms with E-state index in [1.54, 1.807) is 34.0 Å². The van der Waals surface area contributed by atoms with Gasteiger partial charge in [-0.2, -0.15) is 0 Å². The van der Waals surface area contributed by atoms with E-state index in [4.69, 9.17) is 0 Å². The van der Waals surface area contributed by atoms with Crippen molar-refractivity contribution < 1.29 is 0 Å². The molecular formula is C18H9Br3S3. The fraction of sp³-hybridized carbons (Fsp3) is 0. The molecule has 0 N–H and O–H groups in total. The van der Waals surface area contributed by atoms with Gasteiger partial charge in [-0.1, -0.05) is 0 Å². The quantitative estimate of drug-likeness (QED) is 0.234. The van der Waals surface area contributed by atoms with E-state index in [1.807, 2.05) is 0 Å². The summed E-state index contributed by atoms with van der Waals surface area (Å²) in [6.45, 7) is 0. The fourth-order valence-corrected chi connectivity index (χ4v) is 6.58. The molecule has 0 unspecified atom stereocenters. The van der Waals surface area contributed by atoms with Gasteiger partial charge in [-0.15, -0.1) is 34.0 Å². The molecule has 0 fully saturated rings. The molecule has 3 heterocycles. The summed E-state index contributed by atoms with van der Waals surface area (Å²) in [4.78, 5) is 3.82. The molecule has 0 saturated carbocycles. The fourth-order valence-electron chi connectivity index (χ4n) is 2.46. The van der Waals surface area contributed by atoms with Crippen LogP contribution in [0.2, 0.25) is 0 Å². The van der Waals surface area contributed by atoms with Crippen LogP contribution >= 0.6 is 81.8 Å². The smallest absolute Gasteiger partial charge is 0.0705 e. The lowest BCUT2D eigenvalue weighted by Crippen LogP contribution is -1.81. The molecule has 0 aliphatic rings. The minimum absolute atomic E-state index is 1.15. The Kier molecular flexibility index (Phi) is 5.14. The average molecular weight is 561 g/mol. The molecule has 1 aromatic carbocycles. The van der Waals surface area contributed by atoms with Crippen LogP contribution in [0.25, 0.3) is 31.3 Å². The van der Waals surface area contributed by atoms with Crippen LogP contribution in [0.5, 0.6) is 0 Å². The summed E-state index contributed by atoms with van der Waals surface area (Å²) in [5.74, 6) is 0. The minimum Gasteiger partial charge on any atom is -0.128 e. The van der Waals surface area contributed by atoms with Crippen molar-refractivity contribution >= 4 is 81.8 Å². The van der Waals surface area contributed by atoms with Crippen LogP contribution in [-0.2, 0) is 0 Å². The molecule has 0 nitrogen and oxygen atoms in total. The Balaban J connectivity index is 1.90. The van der Waals surface area contributed by atoms with E-state index in [2.05, 4.69) is 102 Å². The third-order valence-electron chi connectivity index (χ3n) is 3.51. The SMILES string of the molecule is Brc1ccc(-c2cc(-c3ccc(Br)s3)cc(-c3ccc(Br)s3)c2)s1. The van der Waals surface area contributed by atoms with Gasteiger partial charge in [0.05, 0.1) is 11.4 Å². The van der Waals surface area contributed by atoms with Crippen LogP contribution in [0, 0.1) is 0 Å². The zero-order chi connectivity index (χ0) is 16.7. The highest BCUT2D eigenvalue weighted by Gasteiger charge is 2.11. The molecule has 0 atom stereocenters. The Morgan fingerprint density at radius 1 is 0.458 bits per heavy atom. The second-order valence-corrected chi connectivity index (χ2v) is 12.5. The minimum atomic E-state index is 1.15. The topological polar surface area (TPSA) is 0 Å². The molecule has 0 aliphatic heterocycles. The monoisotopic (exact) mass is 558 g/mol. The molecule has 0 radical (unpaired) electrons. The second-order valence-electron chi connectivity index (χ2n) is 5.11. The highest BCUT2D eigenvalue weighted by Crippen LogP contribution is 2.41. The Hall–Kier alpha value is -0.240. The summed E-state index contributed by atoms with van der Waals surface area (Å²) >= 11 is 16.0. The Morgan fingerprint density at radius 2 is 0.750 bits per heavy atom. The van der Waals surface area contributed by atoms with E-state index in [9.17, 15) is 0 Å².